The first kappa shape index (κ1) is 13.5. The summed E-state index contributed by atoms with van der Waals surface area (Å²) < 4.78 is 12.6. The lowest BCUT2D eigenvalue weighted by Crippen LogP contribution is -2.28. The van der Waals surface area contributed by atoms with Gasteiger partial charge in [0.25, 0.3) is 0 Å². The predicted molar refractivity (Wildman–Crippen MR) is 78.0 cm³/mol. The largest absolute Gasteiger partial charge is 0.254 e. The van der Waals surface area contributed by atoms with Gasteiger partial charge in [0.15, 0.2) is 0 Å². The predicted octanol–water partition coefficient (Wildman–Crippen LogP) is 4.18. The van der Waals surface area contributed by atoms with E-state index in [0.717, 1.165) is 17.7 Å². The molecule has 0 aromatic heterocycles. The van der Waals surface area contributed by atoms with E-state index >= 15 is 0 Å². The van der Waals surface area contributed by atoms with Crippen LogP contribution in [0.15, 0.2) is 47.4 Å². The summed E-state index contributed by atoms with van der Waals surface area (Å²) in [6.45, 7) is 8.67. The molecule has 1 fully saturated rings. The Kier molecular flexibility index (Phi) is 4.39. The summed E-state index contributed by atoms with van der Waals surface area (Å²) >= 11 is 0. The Morgan fingerprint density at radius 2 is 1.94 bits per heavy atom. The SMILES string of the molecule is C=C1CC[C@H](C(C)C)CC1S(=O)c1ccccc1. The van der Waals surface area contributed by atoms with Crippen molar-refractivity contribution in [2.45, 2.75) is 43.3 Å². The minimum atomic E-state index is -0.937. The third-order valence-corrected chi connectivity index (χ3v) is 5.76. The Morgan fingerprint density at radius 1 is 1.28 bits per heavy atom. The summed E-state index contributed by atoms with van der Waals surface area (Å²) in [4.78, 5) is 0.938. The standard InChI is InChI=1S/C16H22OS/c1-12(2)14-10-9-13(3)16(11-14)18(17)15-7-5-4-6-8-15/h4-8,12,14,16H,3,9-11H2,1-2H3/t14-,16?,18?/m0/s1. The minimum absolute atomic E-state index is 0.147. The van der Waals surface area contributed by atoms with Crippen LogP contribution >= 0.6 is 0 Å². The molecule has 0 spiro atoms. The maximum Gasteiger partial charge on any atom is 0.0603 e. The molecule has 2 rings (SSSR count). The second-order valence-corrected chi connectivity index (χ2v) is 7.17. The van der Waals surface area contributed by atoms with Crippen LogP contribution in [0.2, 0.25) is 0 Å². The van der Waals surface area contributed by atoms with Crippen LogP contribution in [0, 0.1) is 11.8 Å². The fourth-order valence-corrected chi connectivity index (χ4v) is 4.25. The van der Waals surface area contributed by atoms with Crippen LogP contribution in [0.3, 0.4) is 0 Å². The highest BCUT2D eigenvalue weighted by Gasteiger charge is 2.30. The number of rotatable bonds is 3. The van der Waals surface area contributed by atoms with Crippen molar-refractivity contribution in [2.24, 2.45) is 11.8 Å². The summed E-state index contributed by atoms with van der Waals surface area (Å²) in [5.41, 5.74) is 1.18. The molecule has 0 amide bonds. The van der Waals surface area contributed by atoms with E-state index in [1.165, 1.54) is 12.0 Å². The molecular formula is C16H22OS. The van der Waals surface area contributed by atoms with Crippen LogP contribution in [0.1, 0.15) is 33.1 Å². The molecule has 0 aliphatic heterocycles. The molecular weight excluding hydrogens is 240 g/mol. The first-order valence-electron chi connectivity index (χ1n) is 6.73. The maximum absolute atomic E-state index is 12.6. The summed E-state index contributed by atoms with van der Waals surface area (Å²) in [5.74, 6) is 1.36. The van der Waals surface area contributed by atoms with Gasteiger partial charge in [-0.3, -0.25) is 4.21 Å². The lowest BCUT2D eigenvalue weighted by atomic mass is 9.80. The highest BCUT2D eigenvalue weighted by atomic mass is 32.2. The van der Waals surface area contributed by atoms with Gasteiger partial charge in [0, 0.05) is 4.90 Å². The molecule has 0 saturated heterocycles. The number of hydrogen-bond donors (Lipinski definition) is 0. The first-order valence-corrected chi connectivity index (χ1v) is 7.94. The lowest BCUT2D eigenvalue weighted by molar-refractivity contribution is 0.314. The first-order chi connectivity index (χ1) is 8.59. The molecule has 1 nitrogen and oxygen atoms in total. The zero-order valence-corrected chi connectivity index (χ0v) is 12.1. The van der Waals surface area contributed by atoms with Crippen molar-refractivity contribution >= 4 is 10.8 Å². The van der Waals surface area contributed by atoms with Gasteiger partial charge in [-0.15, -0.1) is 0 Å². The van der Waals surface area contributed by atoms with E-state index in [2.05, 4.69) is 20.4 Å². The molecule has 18 heavy (non-hydrogen) atoms. The Bertz CT molecular complexity index is 436. The fraction of sp³-hybridized carbons (Fsp3) is 0.500. The van der Waals surface area contributed by atoms with Crippen molar-refractivity contribution in [1.82, 2.24) is 0 Å². The van der Waals surface area contributed by atoms with Crippen LogP contribution in [-0.2, 0) is 10.8 Å². The van der Waals surface area contributed by atoms with Gasteiger partial charge in [-0.2, -0.15) is 0 Å². The molecule has 98 valence electrons. The topological polar surface area (TPSA) is 17.1 Å². The molecule has 2 unspecified atom stereocenters. The molecule has 0 N–H and O–H groups in total. The molecule has 1 saturated carbocycles. The monoisotopic (exact) mass is 262 g/mol. The summed E-state index contributed by atoms with van der Waals surface area (Å²) in [5, 5.41) is 0.147. The molecule has 1 aromatic carbocycles. The van der Waals surface area contributed by atoms with Crippen molar-refractivity contribution in [3.63, 3.8) is 0 Å². The maximum atomic E-state index is 12.6. The Hall–Kier alpha value is -0.890. The van der Waals surface area contributed by atoms with Crippen LogP contribution in [0.25, 0.3) is 0 Å². The Balaban J connectivity index is 2.16. The second-order valence-electron chi connectivity index (χ2n) is 5.54. The van der Waals surface area contributed by atoms with Gasteiger partial charge in [0.05, 0.1) is 16.0 Å². The highest BCUT2D eigenvalue weighted by Crippen LogP contribution is 2.36. The van der Waals surface area contributed by atoms with Crippen LogP contribution < -0.4 is 0 Å². The second kappa shape index (κ2) is 5.83. The highest BCUT2D eigenvalue weighted by molar-refractivity contribution is 7.86. The molecule has 1 aromatic rings. The van der Waals surface area contributed by atoms with Gasteiger partial charge in [-0.1, -0.05) is 44.2 Å². The Labute approximate surface area is 113 Å². The van der Waals surface area contributed by atoms with Crippen molar-refractivity contribution in [1.29, 1.82) is 0 Å². The molecule has 1 aliphatic carbocycles. The normalized spacial score (nSPS) is 26.3. The van der Waals surface area contributed by atoms with E-state index in [-0.39, 0.29) is 5.25 Å². The van der Waals surface area contributed by atoms with E-state index in [1.54, 1.807) is 0 Å². The van der Waals surface area contributed by atoms with E-state index in [1.807, 2.05) is 30.3 Å². The van der Waals surface area contributed by atoms with Gasteiger partial charge in [-0.25, -0.2) is 0 Å². The van der Waals surface area contributed by atoms with Crippen LogP contribution in [-0.4, -0.2) is 9.46 Å². The van der Waals surface area contributed by atoms with Crippen LogP contribution in [0.5, 0.6) is 0 Å². The van der Waals surface area contributed by atoms with E-state index < -0.39 is 10.8 Å². The lowest BCUT2D eigenvalue weighted by Gasteiger charge is -2.32. The quantitative estimate of drug-likeness (QED) is 0.747. The van der Waals surface area contributed by atoms with Crippen molar-refractivity contribution < 1.29 is 4.21 Å². The van der Waals surface area contributed by atoms with E-state index in [4.69, 9.17) is 0 Å². The molecule has 0 bridgehead atoms. The third kappa shape index (κ3) is 2.92. The van der Waals surface area contributed by atoms with Gasteiger partial charge in [0.1, 0.15) is 0 Å². The molecule has 0 heterocycles. The van der Waals surface area contributed by atoms with E-state index in [0.29, 0.717) is 11.8 Å². The fourth-order valence-electron chi connectivity index (χ4n) is 2.65. The number of benzene rings is 1. The summed E-state index contributed by atoms with van der Waals surface area (Å²) in [6.07, 6.45) is 3.27. The average molecular weight is 262 g/mol. The van der Waals surface area contributed by atoms with Gasteiger partial charge in [-0.05, 0) is 43.2 Å². The van der Waals surface area contributed by atoms with Gasteiger partial charge >= 0.3 is 0 Å². The molecule has 0 radical (unpaired) electrons. The van der Waals surface area contributed by atoms with Gasteiger partial charge < -0.3 is 0 Å². The minimum Gasteiger partial charge on any atom is -0.254 e. The zero-order valence-electron chi connectivity index (χ0n) is 11.3. The zero-order chi connectivity index (χ0) is 13.1. The summed E-state index contributed by atoms with van der Waals surface area (Å²) in [6, 6.07) is 9.80. The van der Waals surface area contributed by atoms with Crippen molar-refractivity contribution in [3.8, 4) is 0 Å². The third-order valence-electron chi connectivity index (χ3n) is 3.99. The smallest absolute Gasteiger partial charge is 0.0603 e. The average Bonchev–Trinajstić information content (AvgIpc) is 2.39. The molecule has 2 heteroatoms. The Morgan fingerprint density at radius 3 is 2.56 bits per heavy atom. The van der Waals surface area contributed by atoms with Crippen molar-refractivity contribution in [3.05, 3.63) is 42.5 Å². The van der Waals surface area contributed by atoms with Crippen molar-refractivity contribution in [2.75, 3.05) is 0 Å². The molecule has 1 aliphatic rings. The van der Waals surface area contributed by atoms with E-state index in [9.17, 15) is 4.21 Å². The number of hydrogen-bond acceptors (Lipinski definition) is 1. The molecule has 3 atom stereocenters. The van der Waals surface area contributed by atoms with Crippen LogP contribution in [0.4, 0.5) is 0 Å². The van der Waals surface area contributed by atoms with Gasteiger partial charge in [0.2, 0.25) is 0 Å². The summed E-state index contributed by atoms with van der Waals surface area (Å²) in [7, 11) is -0.937.